The minimum absolute atomic E-state index is 0.694. The molecule has 0 aliphatic carbocycles. The van der Waals surface area contributed by atoms with Gasteiger partial charge in [-0.1, -0.05) is 18.2 Å². The first kappa shape index (κ1) is 15.1. The van der Waals surface area contributed by atoms with E-state index in [9.17, 15) is 0 Å². The van der Waals surface area contributed by atoms with Gasteiger partial charge in [0, 0.05) is 0 Å². The molecule has 23 heavy (non-hydrogen) atoms. The molecule has 0 fully saturated rings. The Morgan fingerprint density at radius 2 is 1.70 bits per heavy atom. The highest BCUT2D eigenvalue weighted by molar-refractivity contribution is 5.63. The lowest BCUT2D eigenvalue weighted by Gasteiger charge is -2.10. The topological polar surface area (TPSA) is 32.6 Å². The molecule has 0 aliphatic heterocycles. The molecular formula is C20H20N3+. The predicted octanol–water partition coefficient (Wildman–Crippen LogP) is 3.77. The molecule has 114 valence electrons. The summed E-state index contributed by atoms with van der Waals surface area (Å²) in [6, 6.07) is 14.4. The molecule has 0 amide bonds. The minimum Gasteiger partial charge on any atom is -0.232 e. The van der Waals surface area contributed by atoms with Gasteiger partial charge in [0.05, 0.1) is 24.2 Å². The Bertz CT molecular complexity index is 906. The van der Waals surface area contributed by atoms with E-state index in [1.807, 2.05) is 18.2 Å². The van der Waals surface area contributed by atoms with Crippen LogP contribution in [0.4, 0.5) is 0 Å². The van der Waals surface area contributed by atoms with Gasteiger partial charge in [-0.25, -0.2) is 4.57 Å². The summed E-state index contributed by atoms with van der Waals surface area (Å²) in [5.41, 5.74) is 6.64. The van der Waals surface area contributed by atoms with E-state index < -0.39 is 0 Å². The van der Waals surface area contributed by atoms with Gasteiger partial charge in [-0.05, 0) is 55.7 Å². The summed E-state index contributed by atoms with van der Waals surface area (Å²) in [4.78, 5) is 0. The van der Waals surface area contributed by atoms with Gasteiger partial charge in [0.25, 0.3) is 5.82 Å². The van der Waals surface area contributed by atoms with Gasteiger partial charge in [-0.3, -0.25) is 0 Å². The second-order valence-corrected chi connectivity index (χ2v) is 5.98. The smallest absolute Gasteiger partial charge is 0.232 e. The van der Waals surface area contributed by atoms with E-state index in [2.05, 4.69) is 73.6 Å². The van der Waals surface area contributed by atoms with Gasteiger partial charge in [0.1, 0.15) is 18.1 Å². The molecule has 3 rings (SSSR count). The third-order valence-corrected chi connectivity index (χ3v) is 4.28. The molecule has 3 nitrogen and oxygen atoms in total. The Morgan fingerprint density at radius 1 is 1.00 bits per heavy atom. The molecular weight excluding hydrogens is 282 g/mol. The fraction of sp³-hybridized carbons (Fsp3) is 0.200. The number of rotatable bonds is 2. The highest BCUT2D eigenvalue weighted by Gasteiger charge is 2.23. The van der Waals surface area contributed by atoms with Gasteiger partial charge in [0.15, 0.2) is 0 Å². The van der Waals surface area contributed by atoms with Crippen LogP contribution < -0.4 is 4.57 Å². The Kier molecular flexibility index (Phi) is 3.75. The fourth-order valence-electron chi connectivity index (χ4n) is 3.15. The molecule has 3 aromatic rings. The molecule has 0 atom stereocenters. The molecule has 3 heteroatoms. The highest BCUT2D eigenvalue weighted by atomic mass is 15.1. The standard InChI is InChI=1S/C20H20N3/c1-14-6-5-7-15(2)19(14)23-11-10-22(4)20(23)18-9-8-17(13-21)12-16(18)3/h5-12H,1-4H3/q+1. The summed E-state index contributed by atoms with van der Waals surface area (Å²) in [6.45, 7) is 6.33. The molecule has 2 aromatic carbocycles. The van der Waals surface area contributed by atoms with Crippen molar-refractivity contribution < 1.29 is 4.57 Å². The summed E-state index contributed by atoms with van der Waals surface area (Å²) < 4.78 is 4.36. The van der Waals surface area contributed by atoms with Crippen molar-refractivity contribution in [3.05, 3.63) is 71.0 Å². The maximum Gasteiger partial charge on any atom is 0.294 e. The van der Waals surface area contributed by atoms with Crippen LogP contribution >= 0.6 is 0 Å². The van der Waals surface area contributed by atoms with E-state index in [0.717, 1.165) is 17.0 Å². The van der Waals surface area contributed by atoms with Crippen molar-refractivity contribution in [2.75, 3.05) is 0 Å². The van der Waals surface area contributed by atoms with E-state index in [1.165, 1.54) is 16.8 Å². The summed E-state index contributed by atoms with van der Waals surface area (Å²) >= 11 is 0. The molecule has 0 unspecified atom stereocenters. The molecule has 0 radical (unpaired) electrons. The monoisotopic (exact) mass is 302 g/mol. The molecule has 0 N–H and O–H groups in total. The molecule has 1 aromatic heterocycles. The Balaban J connectivity index is 2.27. The quantitative estimate of drug-likeness (QED) is 0.663. The number of para-hydroxylation sites is 1. The number of benzene rings is 2. The van der Waals surface area contributed by atoms with Crippen molar-refractivity contribution in [1.82, 2.24) is 4.57 Å². The first-order chi connectivity index (χ1) is 11.0. The van der Waals surface area contributed by atoms with E-state index in [1.54, 1.807) is 0 Å². The number of aryl methyl sites for hydroxylation is 4. The van der Waals surface area contributed by atoms with Crippen LogP contribution in [0.3, 0.4) is 0 Å². The molecule has 0 spiro atoms. The third-order valence-electron chi connectivity index (χ3n) is 4.28. The van der Waals surface area contributed by atoms with Crippen LogP contribution in [-0.2, 0) is 7.05 Å². The van der Waals surface area contributed by atoms with E-state index in [4.69, 9.17) is 5.26 Å². The lowest BCUT2D eigenvalue weighted by atomic mass is 10.0. The zero-order valence-corrected chi connectivity index (χ0v) is 14.0. The van der Waals surface area contributed by atoms with Gasteiger partial charge < -0.3 is 0 Å². The highest BCUT2D eigenvalue weighted by Crippen LogP contribution is 2.27. The molecule has 0 saturated heterocycles. The van der Waals surface area contributed by atoms with Gasteiger partial charge >= 0.3 is 0 Å². The van der Waals surface area contributed by atoms with Crippen LogP contribution in [0.25, 0.3) is 17.1 Å². The molecule has 1 heterocycles. The number of nitriles is 1. The summed E-state index contributed by atoms with van der Waals surface area (Å²) in [7, 11) is 2.05. The number of aromatic nitrogens is 2. The number of imidazole rings is 1. The van der Waals surface area contributed by atoms with E-state index in [0.29, 0.717) is 5.56 Å². The number of hydrogen-bond acceptors (Lipinski definition) is 1. The maximum absolute atomic E-state index is 9.08. The van der Waals surface area contributed by atoms with Crippen LogP contribution in [0, 0.1) is 32.1 Å². The van der Waals surface area contributed by atoms with Crippen LogP contribution in [0.5, 0.6) is 0 Å². The Hall–Kier alpha value is -2.86. The van der Waals surface area contributed by atoms with Crippen molar-refractivity contribution in [2.45, 2.75) is 20.8 Å². The SMILES string of the molecule is Cc1cc(C#N)ccc1-c1n(-c2c(C)cccc2C)cc[n+]1C. The van der Waals surface area contributed by atoms with Crippen molar-refractivity contribution in [3.8, 4) is 23.1 Å². The Morgan fingerprint density at radius 3 is 2.30 bits per heavy atom. The average molecular weight is 302 g/mol. The van der Waals surface area contributed by atoms with Crippen LogP contribution in [0.15, 0.2) is 48.8 Å². The van der Waals surface area contributed by atoms with Crippen LogP contribution in [0.1, 0.15) is 22.3 Å². The molecule has 0 saturated carbocycles. The number of hydrogen-bond donors (Lipinski definition) is 0. The molecule has 0 bridgehead atoms. The van der Waals surface area contributed by atoms with Crippen molar-refractivity contribution in [1.29, 1.82) is 5.26 Å². The van der Waals surface area contributed by atoms with Gasteiger partial charge in [-0.15, -0.1) is 0 Å². The normalized spacial score (nSPS) is 10.6. The maximum atomic E-state index is 9.08. The lowest BCUT2D eigenvalue weighted by molar-refractivity contribution is -0.659. The average Bonchev–Trinajstić information content (AvgIpc) is 2.88. The van der Waals surface area contributed by atoms with Crippen molar-refractivity contribution in [3.63, 3.8) is 0 Å². The van der Waals surface area contributed by atoms with Crippen LogP contribution in [-0.4, -0.2) is 4.57 Å². The van der Waals surface area contributed by atoms with Crippen LogP contribution in [0.2, 0.25) is 0 Å². The second kappa shape index (κ2) is 5.73. The van der Waals surface area contributed by atoms with E-state index in [-0.39, 0.29) is 0 Å². The van der Waals surface area contributed by atoms with E-state index >= 15 is 0 Å². The summed E-state index contributed by atoms with van der Waals surface area (Å²) in [6.07, 6.45) is 4.17. The molecule has 0 aliphatic rings. The zero-order valence-electron chi connectivity index (χ0n) is 14.0. The summed E-state index contributed by atoms with van der Waals surface area (Å²) in [5, 5.41) is 9.08. The first-order valence-electron chi connectivity index (χ1n) is 7.67. The van der Waals surface area contributed by atoms with Gasteiger partial charge in [-0.2, -0.15) is 9.83 Å². The minimum atomic E-state index is 0.694. The van der Waals surface area contributed by atoms with Crippen molar-refractivity contribution in [2.24, 2.45) is 7.05 Å². The van der Waals surface area contributed by atoms with Gasteiger partial charge in [0.2, 0.25) is 0 Å². The Labute approximate surface area is 137 Å². The predicted molar refractivity (Wildman–Crippen MR) is 91.3 cm³/mol. The fourth-order valence-corrected chi connectivity index (χ4v) is 3.15. The summed E-state index contributed by atoms with van der Waals surface area (Å²) in [5.74, 6) is 1.12. The zero-order chi connectivity index (χ0) is 16.6. The second-order valence-electron chi connectivity index (χ2n) is 5.98. The third kappa shape index (κ3) is 2.53. The first-order valence-corrected chi connectivity index (χ1v) is 7.67. The largest absolute Gasteiger partial charge is 0.294 e. The number of nitrogens with zero attached hydrogens (tertiary/aromatic N) is 3. The lowest BCUT2D eigenvalue weighted by Crippen LogP contribution is -2.29. The van der Waals surface area contributed by atoms with Crippen molar-refractivity contribution >= 4 is 0 Å².